The fraction of sp³-hybridized carbons (Fsp3) is 1.00. The van der Waals surface area contributed by atoms with Gasteiger partial charge >= 0.3 is 6.18 Å². The lowest BCUT2D eigenvalue weighted by Gasteiger charge is -2.16. The van der Waals surface area contributed by atoms with Crippen molar-refractivity contribution in [1.82, 2.24) is 5.32 Å². The zero-order valence-electron chi connectivity index (χ0n) is 8.11. The van der Waals surface area contributed by atoms with Gasteiger partial charge in [-0.3, -0.25) is 0 Å². The van der Waals surface area contributed by atoms with E-state index in [0.29, 0.717) is 6.54 Å². The highest BCUT2D eigenvalue weighted by Gasteiger charge is 2.28. The standard InChI is InChI=1S/C8H16F3NO/c1-6(2)12-4-7(3)13-5-8(9,10)11/h6-7,12H,4-5H2,1-3H3. The molecule has 0 bridgehead atoms. The Hall–Kier alpha value is -0.290. The fourth-order valence-corrected chi connectivity index (χ4v) is 0.697. The van der Waals surface area contributed by atoms with Gasteiger partial charge in [-0.05, 0) is 6.92 Å². The lowest BCUT2D eigenvalue weighted by molar-refractivity contribution is -0.183. The van der Waals surface area contributed by atoms with Gasteiger partial charge in [-0.25, -0.2) is 0 Å². The number of alkyl halides is 3. The summed E-state index contributed by atoms with van der Waals surface area (Å²) < 4.78 is 39.6. The van der Waals surface area contributed by atoms with E-state index in [0.717, 1.165) is 0 Å². The molecule has 1 atom stereocenters. The van der Waals surface area contributed by atoms with E-state index in [9.17, 15) is 13.2 Å². The SMILES string of the molecule is CC(C)NCC(C)OCC(F)(F)F. The maximum absolute atomic E-state index is 11.7. The van der Waals surface area contributed by atoms with Gasteiger partial charge in [0.1, 0.15) is 6.61 Å². The summed E-state index contributed by atoms with van der Waals surface area (Å²) in [5, 5.41) is 2.99. The highest BCUT2D eigenvalue weighted by Crippen LogP contribution is 2.15. The third-order valence-electron chi connectivity index (χ3n) is 1.35. The first kappa shape index (κ1) is 12.7. The highest BCUT2D eigenvalue weighted by atomic mass is 19.4. The van der Waals surface area contributed by atoms with Crippen molar-refractivity contribution < 1.29 is 17.9 Å². The smallest absolute Gasteiger partial charge is 0.368 e. The average Bonchev–Trinajstić information content (AvgIpc) is 1.95. The van der Waals surface area contributed by atoms with Crippen molar-refractivity contribution in [3.63, 3.8) is 0 Å². The van der Waals surface area contributed by atoms with Crippen LogP contribution >= 0.6 is 0 Å². The van der Waals surface area contributed by atoms with Crippen LogP contribution in [-0.2, 0) is 4.74 Å². The number of hydrogen-bond donors (Lipinski definition) is 1. The molecule has 0 aliphatic heterocycles. The third-order valence-corrected chi connectivity index (χ3v) is 1.35. The van der Waals surface area contributed by atoms with E-state index in [1.54, 1.807) is 6.92 Å². The van der Waals surface area contributed by atoms with Gasteiger partial charge in [0.2, 0.25) is 0 Å². The molecular formula is C8H16F3NO. The van der Waals surface area contributed by atoms with Crippen LogP contribution in [0.4, 0.5) is 13.2 Å². The second-order valence-corrected chi connectivity index (χ2v) is 3.30. The molecule has 0 amide bonds. The van der Waals surface area contributed by atoms with Crippen LogP contribution in [-0.4, -0.2) is 31.5 Å². The maximum Gasteiger partial charge on any atom is 0.411 e. The lowest BCUT2D eigenvalue weighted by atomic mass is 10.3. The Balaban J connectivity index is 3.46. The highest BCUT2D eigenvalue weighted by molar-refractivity contribution is 4.59. The summed E-state index contributed by atoms with van der Waals surface area (Å²) in [7, 11) is 0. The Morgan fingerprint density at radius 1 is 1.23 bits per heavy atom. The molecule has 0 aromatic carbocycles. The van der Waals surface area contributed by atoms with Crippen LogP contribution in [0.25, 0.3) is 0 Å². The molecule has 1 N–H and O–H groups in total. The van der Waals surface area contributed by atoms with E-state index >= 15 is 0 Å². The number of hydrogen-bond acceptors (Lipinski definition) is 2. The molecule has 80 valence electrons. The Labute approximate surface area is 76.5 Å². The van der Waals surface area contributed by atoms with Crippen molar-refractivity contribution in [2.24, 2.45) is 0 Å². The summed E-state index contributed by atoms with van der Waals surface area (Å²) >= 11 is 0. The van der Waals surface area contributed by atoms with Crippen molar-refractivity contribution in [2.45, 2.75) is 39.1 Å². The third kappa shape index (κ3) is 9.63. The molecule has 0 rings (SSSR count). The van der Waals surface area contributed by atoms with E-state index in [1.807, 2.05) is 13.8 Å². The van der Waals surface area contributed by atoms with Gasteiger partial charge in [-0.15, -0.1) is 0 Å². The van der Waals surface area contributed by atoms with Gasteiger partial charge in [-0.2, -0.15) is 13.2 Å². The van der Waals surface area contributed by atoms with Crippen LogP contribution in [0.2, 0.25) is 0 Å². The Kier molecular flexibility index (Phi) is 5.32. The fourth-order valence-electron chi connectivity index (χ4n) is 0.697. The molecule has 0 aliphatic rings. The molecule has 0 aromatic rings. The summed E-state index contributed by atoms with van der Waals surface area (Å²) in [5.74, 6) is 0. The quantitative estimate of drug-likeness (QED) is 0.730. The van der Waals surface area contributed by atoms with Gasteiger partial charge in [-0.1, -0.05) is 13.8 Å². The predicted octanol–water partition coefficient (Wildman–Crippen LogP) is 1.95. The van der Waals surface area contributed by atoms with Crippen LogP contribution in [0.5, 0.6) is 0 Å². The molecule has 13 heavy (non-hydrogen) atoms. The Morgan fingerprint density at radius 3 is 2.15 bits per heavy atom. The molecule has 5 heteroatoms. The van der Waals surface area contributed by atoms with Gasteiger partial charge in [0.25, 0.3) is 0 Å². The van der Waals surface area contributed by atoms with Crippen LogP contribution in [0, 0.1) is 0 Å². The molecule has 0 saturated carbocycles. The summed E-state index contributed by atoms with van der Waals surface area (Å²) in [4.78, 5) is 0. The van der Waals surface area contributed by atoms with Crippen LogP contribution in [0.3, 0.4) is 0 Å². The minimum absolute atomic E-state index is 0.261. The Morgan fingerprint density at radius 2 is 1.77 bits per heavy atom. The molecule has 0 aliphatic carbocycles. The first-order chi connectivity index (χ1) is 5.81. The maximum atomic E-state index is 11.7. The molecule has 2 nitrogen and oxygen atoms in total. The van der Waals surface area contributed by atoms with E-state index < -0.39 is 18.9 Å². The number of rotatable bonds is 5. The van der Waals surface area contributed by atoms with Gasteiger partial charge < -0.3 is 10.1 Å². The second kappa shape index (κ2) is 5.44. The summed E-state index contributed by atoms with van der Waals surface area (Å²) in [5.41, 5.74) is 0. The average molecular weight is 199 g/mol. The Bertz CT molecular complexity index is 136. The van der Waals surface area contributed by atoms with Gasteiger partial charge in [0.05, 0.1) is 6.10 Å². The predicted molar refractivity (Wildman–Crippen MR) is 44.6 cm³/mol. The first-order valence-corrected chi connectivity index (χ1v) is 4.23. The van der Waals surface area contributed by atoms with Gasteiger partial charge in [0, 0.05) is 12.6 Å². The first-order valence-electron chi connectivity index (χ1n) is 4.23. The summed E-state index contributed by atoms with van der Waals surface area (Å²) in [6.07, 6.45) is -4.64. The van der Waals surface area contributed by atoms with E-state index in [2.05, 4.69) is 10.1 Å². The van der Waals surface area contributed by atoms with Crippen molar-refractivity contribution in [3.05, 3.63) is 0 Å². The van der Waals surface area contributed by atoms with E-state index in [-0.39, 0.29) is 6.04 Å². The van der Waals surface area contributed by atoms with Crippen LogP contribution in [0.1, 0.15) is 20.8 Å². The number of ether oxygens (including phenoxy) is 1. The number of halogens is 3. The second-order valence-electron chi connectivity index (χ2n) is 3.30. The largest absolute Gasteiger partial charge is 0.411 e. The molecule has 0 fully saturated rings. The molecule has 0 heterocycles. The summed E-state index contributed by atoms with van der Waals surface area (Å²) in [6.45, 7) is 4.73. The minimum Gasteiger partial charge on any atom is -0.368 e. The van der Waals surface area contributed by atoms with Crippen LogP contribution in [0.15, 0.2) is 0 Å². The molecular weight excluding hydrogens is 183 g/mol. The monoisotopic (exact) mass is 199 g/mol. The molecule has 0 aromatic heterocycles. The van der Waals surface area contributed by atoms with Crippen molar-refractivity contribution >= 4 is 0 Å². The normalized spacial score (nSPS) is 15.0. The zero-order chi connectivity index (χ0) is 10.5. The summed E-state index contributed by atoms with van der Waals surface area (Å²) in [6, 6.07) is 0.261. The molecule has 0 spiro atoms. The number of nitrogens with one attached hydrogen (secondary N) is 1. The minimum atomic E-state index is -4.23. The van der Waals surface area contributed by atoms with Gasteiger partial charge in [0.15, 0.2) is 0 Å². The van der Waals surface area contributed by atoms with Crippen LogP contribution < -0.4 is 5.32 Å². The van der Waals surface area contributed by atoms with Crippen molar-refractivity contribution in [3.8, 4) is 0 Å². The lowest BCUT2D eigenvalue weighted by Crippen LogP contribution is -2.33. The van der Waals surface area contributed by atoms with E-state index in [4.69, 9.17) is 0 Å². The van der Waals surface area contributed by atoms with Crippen molar-refractivity contribution in [1.29, 1.82) is 0 Å². The van der Waals surface area contributed by atoms with E-state index in [1.165, 1.54) is 0 Å². The molecule has 0 saturated heterocycles. The zero-order valence-corrected chi connectivity index (χ0v) is 8.11. The molecule has 1 unspecified atom stereocenters. The van der Waals surface area contributed by atoms with Crippen molar-refractivity contribution in [2.75, 3.05) is 13.2 Å². The topological polar surface area (TPSA) is 21.3 Å². The molecule has 0 radical (unpaired) electrons.